The molecular formula is C6H7N3O2S. The molecule has 1 rings (SSSR count). The lowest BCUT2D eigenvalue weighted by molar-refractivity contribution is 0.0687. The molecule has 0 saturated heterocycles. The molecule has 0 unspecified atom stereocenters. The van der Waals surface area contributed by atoms with Crippen molar-refractivity contribution in [1.82, 2.24) is 15.2 Å². The molecule has 0 spiro atoms. The predicted octanol–water partition coefficient (Wildman–Crippen LogP) is 0.600. The van der Waals surface area contributed by atoms with Crippen LogP contribution in [0, 0.1) is 6.92 Å². The van der Waals surface area contributed by atoms with Gasteiger partial charge in [-0.2, -0.15) is 0 Å². The number of carboxylic acid groups (broad SMARTS) is 1. The van der Waals surface area contributed by atoms with Crippen LogP contribution in [0.15, 0.2) is 5.16 Å². The van der Waals surface area contributed by atoms with E-state index in [0.717, 1.165) is 0 Å². The minimum absolute atomic E-state index is 0.0900. The Kier molecular flexibility index (Phi) is 2.59. The third-order valence-electron chi connectivity index (χ3n) is 1.23. The Balaban J connectivity index is 3.12. The van der Waals surface area contributed by atoms with E-state index >= 15 is 0 Å². The highest BCUT2D eigenvalue weighted by atomic mass is 32.2. The number of thioether (sulfide) groups is 1. The first kappa shape index (κ1) is 8.92. The molecule has 0 amide bonds. The van der Waals surface area contributed by atoms with Crippen molar-refractivity contribution < 1.29 is 9.90 Å². The number of carboxylic acids is 1. The Morgan fingerprint density at radius 1 is 1.50 bits per heavy atom. The first-order valence-electron chi connectivity index (χ1n) is 3.13. The highest BCUT2D eigenvalue weighted by molar-refractivity contribution is 7.98. The highest BCUT2D eigenvalue weighted by Gasteiger charge is 2.11. The van der Waals surface area contributed by atoms with Gasteiger partial charge in [0.1, 0.15) is 0 Å². The molecule has 1 N–H and O–H groups in total. The summed E-state index contributed by atoms with van der Waals surface area (Å²) in [4.78, 5) is 14.4. The number of aromatic nitrogens is 3. The van der Waals surface area contributed by atoms with E-state index in [1.54, 1.807) is 13.2 Å². The molecule has 1 aromatic heterocycles. The van der Waals surface area contributed by atoms with Gasteiger partial charge in [0.15, 0.2) is 5.69 Å². The lowest BCUT2D eigenvalue weighted by Crippen LogP contribution is -2.07. The Labute approximate surface area is 73.2 Å². The molecule has 0 aromatic carbocycles. The van der Waals surface area contributed by atoms with Crippen LogP contribution >= 0.6 is 11.8 Å². The molecule has 12 heavy (non-hydrogen) atoms. The summed E-state index contributed by atoms with van der Waals surface area (Å²) < 4.78 is 0. The van der Waals surface area contributed by atoms with Crippen molar-refractivity contribution in [3.63, 3.8) is 0 Å². The minimum Gasteiger partial charge on any atom is -0.476 e. The van der Waals surface area contributed by atoms with E-state index < -0.39 is 5.97 Å². The maximum atomic E-state index is 10.5. The molecule has 5 nitrogen and oxygen atoms in total. The Morgan fingerprint density at radius 2 is 2.17 bits per heavy atom. The third kappa shape index (κ3) is 1.70. The van der Waals surface area contributed by atoms with Gasteiger partial charge in [-0.25, -0.2) is 9.78 Å². The number of nitrogens with zero attached hydrogens (tertiary/aromatic N) is 3. The van der Waals surface area contributed by atoms with Crippen molar-refractivity contribution in [2.75, 3.05) is 6.26 Å². The Morgan fingerprint density at radius 3 is 2.58 bits per heavy atom. The van der Waals surface area contributed by atoms with Gasteiger partial charge in [-0.1, -0.05) is 11.8 Å². The van der Waals surface area contributed by atoms with E-state index in [0.29, 0.717) is 10.9 Å². The summed E-state index contributed by atoms with van der Waals surface area (Å²) in [5.74, 6) is -1.10. The van der Waals surface area contributed by atoms with Gasteiger partial charge < -0.3 is 5.11 Å². The van der Waals surface area contributed by atoms with Crippen molar-refractivity contribution in [3.05, 3.63) is 11.4 Å². The smallest absolute Gasteiger partial charge is 0.358 e. The van der Waals surface area contributed by atoms with Gasteiger partial charge in [0.05, 0.1) is 5.69 Å². The summed E-state index contributed by atoms with van der Waals surface area (Å²) >= 11 is 1.33. The Hall–Kier alpha value is -1.17. The summed E-state index contributed by atoms with van der Waals surface area (Å²) in [5.41, 5.74) is 0.301. The molecule has 6 heteroatoms. The van der Waals surface area contributed by atoms with Crippen LogP contribution in [0.4, 0.5) is 0 Å². The summed E-state index contributed by atoms with van der Waals surface area (Å²) in [6, 6.07) is 0. The number of rotatable bonds is 2. The quantitative estimate of drug-likeness (QED) is 0.680. The maximum absolute atomic E-state index is 10.5. The van der Waals surface area contributed by atoms with E-state index in [1.807, 2.05) is 0 Å². The molecule has 0 aliphatic rings. The van der Waals surface area contributed by atoms with E-state index in [4.69, 9.17) is 5.11 Å². The first-order chi connectivity index (χ1) is 5.65. The maximum Gasteiger partial charge on any atom is 0.358 e. The first-order valence-corrected chi connectivity index (χ1v) is 4.36. The number of aryl methyl sites for hydroxylation is 1. The number of hydrogen-bond acceptors (Lipinski definition) is 5. The van der Waals surface area contributed by atoms with Crippen molar-refractivity contribution in [1.29, 1.82) is 0 Å². The molecule has 64 valence electrons. The summed E-state index contributed by atoms with van der Waals surface area (Å²) in [6.45, 7) is 1.60. The second-order valence-electron chi connectivity index (χ2n) is 2.04. The van der Waals surface area contributed by atoms with Gasteiger partial charge in [-0.15, -0.1) is 10.2 Å². The van der Waals surface area contributed by atoms with E-state index in [-0.39, 0.29) is 5.69 Å². The molecule has 0 atom stereocenters. The van der Waals surface area contributed by atoms with Crippen LogP contribution in [-0.2, 0) is 0 Å². The summed E-state index contributed by atoms with van der Waals surface area (Å²) in [5, 5.41) is 16.2. The monoisotopic (exact) mass is 185 g/mol. The van der Waals surface area contributed by atoms with Crippen LogP contribution in [0.25, 0.3) is 0 Å². The zero-order valence-electron chi connectivity index (χ0n) is 6.61. The topological polar surface area (TPSA) is 76.0 Å². The molecule has 0 aliphatic heterocycles. The van der Waals surface area contributed by atoms with Crippen LogP contribution < -0.4 is 0 Å². The zero-order valence-corrected chi connectivity index (χ0v) is 7.42. The fourth-order valence-electron chi connectivity index (χ4n) is 0.668. The highest BCUT2D eigenvalue weighted by Crippen LogP contribution is 2.08. The largest absolute Gasteiger partial charge is 0.476 e. The van der Waals surface area contributed by atoms with Crippen LogP contribution in [0.3, 0.4) is 0 Å². The summed E-state index contributed by atoms with van der Waals surface area (Å²) in [6.07, 6.45) is 1.80. The van der Waals surface area contributed by atoms with E-state index in [9.17, 15) is 4.79 Å². The zero-order chi connectivity index (χ0) is 9.14. The second-order valence-corrected chi connectivity index (χ2v) is 2.81. The Bertz CT molecular complexity index is 316. The third-order valence-corrected chi connectivity index (χ3v) is 1.76. The molecule has 0 radical (unpaired) electrons. The molecule has 0 bridgehead atoms. The minimum atomic E-state index is -1.10. The second kappa shape index (κ2) is 3.48. The molecule has 0 fully saturated rings. The standard InChI is InChI=1S/C6H7N3O2S/c1-3-4(5(10)11)8-9-6(7-3)12-2/h1-2H3,(H,10,11). The van der Waals surface area contributed by atoms with Crippen LogP contribution in [0.5, 0.6) is 0 Å². The predicted molar refractivity (Wildman–Crippen MR) is 43.3 cm³/mol. The van der Waals surface area contributed by atoms with Crippen LogP contribution in [0.1, 0.15) is 16.2 Å². The molecular weight excluding hydrogens is 178 g/mol. The van der Waals surface area contributed by atoms with Gasteiger partial charge in [0, 0.05) is 0 Å². The van der Waals surface area contributed by atoms with E-state index in [2.05, 4.69) is 15.2 Å². The fraction of sp³-hybridized carbons (Fsp3) is 0.333. The van der Waals surface area contributed by atoms with Crippen molar-refractivity contribution >= 4 is 17.7 Å². The van der Waals surface area contributed by atoms with Crippen LogP contribution in [-0.4, -0.2) is 32.5 Å². The fourth-order valence-corrected chi connectivity index (χ4v) is 1.02. The van der Waals surface area contributed by atoms with Crippen molar-refractivity contribution in [3.8, 4) is 0 Å². The lowest BCUT2D eigenvalue weighted by atomic mass is 10.3. The van der Waals surface area contributed by atoms with Gasteiger partial charge in [0.25, 0.3) is 0 Å². The van der Waals surface area contributed by atoms with Crippen LogP contribution in [0.2, 0.25) is 0 Å². The number of hydrogen-bond donors (Lipinski definition) is 1. The average molecular weight is 185 g/mol. The van der Waals surface area contributed by atoms with E-state index in [1.165, 1.54) is 11.8 Å². The summed E-state index contributed by atoms with van der Waals surface area (Å²) in [7, 11) is 0. The molecule has 1 heterocycles. The average Bonchev–Trinajstić information content (AvgIpc) is 2.03. The van der Waals surface area contributed by atoms with Gasteiger partial charge in [-0.05, 0) is 13.2 Å². The van der Waals surface area contributed by atoms with Gasteiger partial charge >= 0.3 is 5.97 Å². The van der Waals surface area contributed by atoms with Gasteiger partial charge in [0.2, 0.25) is 5.16 Å². The van der Waals surface area contributed by atoms with Crippen molar-refractivity contribution in [2.45, 2.75) is 12.1 Å². The van der Waals surface area contributed by atoms with Gasteiger partial charge in [-0.3, -0.25) is 0 Å². The lowest BCUT2D eigenvalue weighted by Gasteiger charge is -1.98. The molecule has 0 aliphatic carbocycles. The number of carbonyl (C=O) groups is 1. The molecule has 0 saturated carbocycles. The molecule has 1 aromatic rings. The number of aromatic carboxylic acids is 1. The van der Waals surface area contributed by atoms with Crippen molar-refractivity contribution in [2.24, 2.45) is 0 Å². The SMILES string of the molecule is CSc1nnc(C(=O)O)c(C)n1. The normalized spacial score (nSPS) is 9.83.